The van der Waals surface area contributed by atoms with E-state index in [0.29, 0.717) is 11.4 Å². The Morgan fingerprint density at radius 1 is 1.53 bits per heavy atom. The SMILES string of the molecule is Cc1nc(C(=O)Nc2ccc(F)c(Cl)c2)cs1. The standard InChI is InChI=1S/C11H8ClFN2OS/c1-6-14-10(5-17-6)11(16)15-7-2-3-9(13)8(12)4-7/h2-5H,1H3,(H,15,16). The third-order valence-corrected chi connectivity index (χ3v) is 3.09. The van der Waals surface area contributed by atoms with Gasteiger partial charge in [0.05, 0.1) is 10.0 Å². The monoisotopic (exact) mass is 270 g/mol. The molecule has 6 heteroatoms. The molecule has 0 bridgehead atoms. The van der Waals surface area contributed by atoms with Gasteiger partial charge in [-0.15, -0.1) is 11.3 Å². The first kappa shape index (κ1) is 12.0. The highest BCUT2D eigenvalue weighted by atomic mass is 35.5. The minimum Gasteiger partial charge on any atom is -0.321 e. The summed E-state index contributed by atoms with van der Waals surface area (Å²) < 4.78 is 12.9. The van der Waals surface area contributed by atoms with Gasteiger partial charge in [-0.25, -0.2) is 9.37 Å². The number of rotatable bonds is 2. The zero-order valence-corrected chi connectivity index (χ0v) is 10.4. The van der Waals surface area contributed by atoms with Gasteiger partial charge in [0, 0.05) is 11.1 Å². The van der Waals surface area contributed by atoms with Crippen LogP contribution in [0.5, 0.6) is 0 Å². The zero-order valence-electron chi connectivity index (χ0n) is 8.83. The summed E-state index contributed by atoms with van der Waals surface area (Å²) in [6.45, 7) is 1.82. The minimum atomic E-state index is -0.519. The summed E-state index contributed by atoms with van der Waals surface area (Å²) in [5.74, 6) is -0.855. The number of carbonyl (C=O) groups is 1. The van der Waals surface area contributed by atoms with Gasteiger partial charge in [0.1, 0.15) is 11.5 Å². The molecule has 2 rings (SSSR count). The summed E-state index contributed by atoms with van der Waals surface area (Å²) in [5, 5.41) is 5.04. The Bertz CT molecular complexity index is 570. The molecule has 0 fully saturated rings. The van der Waals surface area contributed by atoms with Gasteiger partial charge in [0.15, 0.2) is 0 Å². The lowest BCUT2D eigenvalue weighted by Gasteiger charge is -2.03. The van der Waals surface area contributed by atoms with Gasteiger partial charge >= 0.3 is 0 Å². The number of aryl methyl sites for hydroxylation is 1. The van der Waals surface area contributed by atoms with E-state index in [1.807, 2.05) is 6.92 Å². The first-order chi connectivity index (χ1) is 8.06. The Morgan fingerprint density at radius 3 is 2.88 bits per heavy atom. The Kier molecular flexibility index (Phi) is 3.40. The topological polar surface area (TPSA) is 42.0 Å². The largest absolute Gasteiger partial charge is 0.321 e. The summed E-state index contributed by atoms with van der Waals surface area (Å²) in [6, 6.07) is 4.00. The third-order valence-electron chi connectivity index (χ3n) is 2.03. The number of halogens is 2. The molecule has 17 heavy (non-hydrogen) atoms. The predicted octanol–water partition coefficient (Wildman–Crippen LogP) is 3.50. The highest BCUT2D eigenvalue weighted by molar-refractivity contribution is 7.09. The number of nitrogens with one attached hydrogen (secondary N) is 1. The van der Waals surface area contributed by atoms with Crippen LogP contribution in [0.1, 0.15) is 15.5 Å². The van der Waals surface area contributed by atoms with E-state index in [-0.39, 0.29) is 10.9 Å². The summed E-state index contributed by atoms with van der Waals surface area (Å²) in [7, 11) is 0. The molecule has 0 unspecified atom stereocenters. The van der Waals surface area contributed by atoms with E-state index in [2.05, 4.69) is 10.3 Å². The minimum absolute atomic E-state index is 0.0303. The van der Waals surface area contributed by atoms with E-state index >= 15 is 0 Å². The molecule has 2 aromatic rings. The summed E-state index contributed by atoms with van der Waals surface area (Å²) in [4.78, 5) is 15.8. The van der Waals surface area contributed by atoms with E-state index in [1.54, 1.807) is 5.38 Å². The molecule has 0 saturated carbocycles. The van der Waals surface area contributed by atoms with Gasteiger partial charge in [-0.3, -0.25) is 4.79 Å². The van der Waals surface area contributed by atoms with Gasteiger partial charge < -0.3 is 5.32 Å². The number of benzene rings is 1. The lowest BCUT2D eigenvalue weighted by Crippen LogP contribution is -2.12. The molecule has 1 N–H and O–H groups in total. The number of aromatic nitrogens is 1. The normalized spacial score (nSPS) is 10.3. The maximum atomic E-state index is 12.9. The van der Waals surface area contributed by atoms with Crippen molar-refractivity contribution in [2.45, 2.75) is 6.92 Å². The molecule has 1 heterocycles. The quantitative estimate of drug-likeness (QED) is 0.907. The molecule has 0 atom stereocenters. The van der Waals surface area contributed by atoms with Gasteiger partial charge in [0.2, 0.25) is 0 Å². The second kappa shape index (κ2) is 4.81. The Balaban J connectivity index is 2.15. The average Bonchev–Trinajstić information content (AvgIpc) is 2.70. The van der Waals surface area contributed by atoms with Crippen LogP contribution in [-0.4, -0.2) is 10.9 Å². The lowest BCUT2D eigenvalue weighted by molar-refractivity contribution is 0.102. The Morgan fingerprint density at radius 2 is 2.29 bits per heavy atom. The fourth-order valence-corrected chi connectivity index (χ4v) is 2.01. The first-order valence-electron chi connectivity index (χ1n) is 4.75. The Hall–Kier alpha value is -1.46. The van der Waals surface area contributed by atoms with Crippen LogP contribution >= 0.6 is 22.9 Å². The molecule has 0 aliphatic carbocycles. The van der Waals surface area contributed by atoms with Crippen LogP contribution in [0.3, 0.4) is 0 Å². The second-order valence-electron chi connectivity index (χ2n) is 3.33. The Labute approximate surface area is 106 Å². The molecule has 1 aromatic heterocycles. The van der Waals surface area contributed by atoms with E-state index < -0.39 is 5.82 Å². The first-order valence-corrected chi connectivity index (χ1v) is 6.00. The molecule has 0 radical (unpaired) electrons. The predicted molar refractivity (Wildman–Crippen MR) is 66.2 cm³/mol. The second-order valence-corrected chi connectivity index (χ2v) is 4.80. The molecule has 0 spiro atoms. The molecule has 0 saturated heterocycles. The molecule has 1 aromatic carbocycles. The summed E-state index contributed by atoms with van der Waals surface area (Å²) in [6.07, 6.45) is 0. The van der Waals surface area contributed by atoms with E-state index in [9.17, 15) is 9.18 Å². The fourth-order valence-electron chi connectivity index (χ4n) is 1.24. The van der Waals surface area contributed by atoms with Crippen molar-refractivity contribution in [3.8, 4) is 0 Å². The van der Waals surface area contributed by atoms with Crippen LogP contribution in [0.25, 0.3) is 0 Å². The van der Waals surface area contributed by atoms with Crippen molar-refractivity contribution in [2.24, 2.45) is 0 Å². The number of anilines is 1. The number of thiazole rings is 1. The van der Waals surface area contributed by atoms with Crippen molar-refractivity contribution in [3.05, 3.63) is 45.1 Å². The third kappa shape index (κ3) is 2.81. The number of amides is 1. The molecule has 1 amide bonds. The van der Waals surface area contributed by atoms with Gasteiger partial charge in [-0.2, -0.15) is 0 Å². The van der Waals surface area contributed by atoms with Crippen LogP contribution < -0.4 is 5.32 Å². The van der Waals surface area contributed by atoms with Crippen molar-refractivity contribution in [3.63, 3.8) is 0 Å². The van der Waals surface area contributed by atoms with Crippen LogP contribution in [0.15, 0.2) is 23.6 Å². The molecule has 0 aliphatic heterocycles. The van der Waals surface area contributed by atoms with Crippen LogP contribution in [-0.2, 0) is 0 Å². The number of hydrogen-bond donors (Lipinski definition) is 1. The zero-order chi connectivity index (χ0) is 12.4. The number of carbonyl (C=O) groups excluding carboxylic acids is 1. The summed E-state index contributed by atoms with van der Waals surface area (Å²) in [5.41, 5.74) is 0.778. The maximum Gasteiger partial charge on any atom is 0.275 e. The van der Waals surface area contributed by atoms with E-state index in [0.717, 1.165) is 5.01 Å². The van der Waals surface area contributed by atoms with Gasteiger partial charge in [-0.1, -0.05) is 11.6 Å². The highest BCUT2D eigenvalue weighted by Gasteiger charge is 2.10. The van der Waals surface area contributed by atoms with Crippen molar-refractivity contribution in [1.82, 2.24) is 4.98 Å². The molecule has 0 aliphatic rings. The van der Waals surface area contributed by atoms with Crippen molar-refractivity contribution in [2.75, 3.05) is 5.32 Å². The lowest BCUT2D eigenvalue weighted by atomic mass is 10.3. The van der Waals surface area contributed by atoms with Gasteiger partial charge in [0.25, 0.3) is 5.91 Å². The van der Waals surface area contributed by atoms with Crippen molar-refractivity contribution in [1.29, 1.82) is 0 Å². The smallest absolute Gasteiger partial charge is 0.275 e. The number of hydrogen-bond acceptors (Lipinski definition) is 3. The molecular formula is C11H8ClFN2OS. The van der Waals surface area contributed by atoms with E-state index in [4.69, 9.17) is 11.6 Å². The maximum absolute atomic E-state index is 12.9. The number of nitrogens with zero attached hydrogens (tertiary/aromatic N) is 1. The molecule has 88 valence electrons. The van der Waals surface area contributed by atoms with E-state index in [1.165, 1.54) is 29.5 Å². The highest BCUT2D eigenvalue weighted by Crippen LogP contribution is 2.20. The molecular weight excluding hydrogens is 263 g/mol. The van der Waals surface area contributed by atoms with Crippen molar-refractivity contribution >= 4 is 34.5 Å². The van der Waals surface area contributed by atoms with Crippen LogP contribution in [0.4, 0.5) is 10.1 Å². The summed E-state index contributed by atoms with van der Waals surface area (Å²) >= 11 is 7.00. The molecule has 3 nitrogen and oxygen atoms in total. The van der Waals surface area contributed by atoms with Gasteiger partial charge in [-0.05, 0) is 25.1 Å². The fraction of sp³-hybridized carbons (Fsp3) is 0.0909. The average molecular weight is 271 g/mol. The van der Waals surface area contributed by atoms with Crippen LogP contribution in [0.2, 0.25) is 5.02 Å². The van der Waals surface area contributed by atoms with Crippen molar-refractivity contribution < 1.29 is 9.18 Å². The van der Waals surface area contributed by atoms with Crippen LogP contribution in [0, 0.1) is 12.7 Å².